The molecule has 1 amide bonds. The third-order valence-corrected chi connectivity index (χ3v) is 3.36. The van der Waals surface area contributed by atoms with Gasteiger partial charge in [0.15, 0.2) is 5.69 Å². The van der Waals surface area contributed by atoms with E-state index in [0.717, 1.165) is 10.9 Å². The smallest absolute Gasteiger partial charge is 0.348 e. The van der Waals surface area contributed by atoms with Crippen LogP contribution >= 0.6 is 0 Å². The number of carbonyl (C=O) groups excluding carboxylic acids is 1. The van der Waals surface area contributed by atoms with Crippen LogP contribution in [0.2, 0.25) is 0 Å². The van der Waals surface area contributed by atoms with Crippen LogP contribution in [-0.2, 0) is 6.18 Å². The molecule has 0 aliphatic rings. The highest BCUT2D eigenvalue weighted by Crippen LogP contribution is 2.34. The molecule has 0 aliphatic carbocycles. The first-order chi connectivity index (χ1) is 10.8. The minimum atomic E-state index is -4.72. The van der Waals surface area contributed by atoms with Crippen LogP contribution in [0.5, 0.6) is 0 Å². The van der Waals surface area contributed by atoms with Crippen molar-refractivity contribution in [3.63, 3.8) is 0 Å². The van der Waals surface area contributed by atoms with Crippen LogP contribution in [0.1, 0.15) is 28.5 Å². The van der Waals surface area contributed by atoms with Gasteiger partial charge in [-0.25, -0.2) is 4.68 Å². The summed E-state index contributed by atoms with van der Waals surface area (Å²) in [6, 6.07) is 6.08. The highest BCUT2D eigenvalue weighted by Gasteiger charge is 2.40. The predicted octanol–water partition coefficient (Wildman–Crippen LogP) is 2.28. The van der Waals surface area contributed by atoms with Crippen molar-refractivity contribution >= 4 is 5.91 Å². The number of carbonyl (C=O) groups is 1. The maximum atomic E-state index is 13.5. The van der Waals surface area contributed by atoms with Crippen LogP contribution < -0.4 is 11.1 Å². The van der Waals surface area contributed by atoms with Crippen LogP contribution in [0.3, 0.4) is 0 Å². The Kier molecular flexibility index (Phi) is 4.74. The van der Waals surface area contributed by atoms with Crippen molar-refractivity contribution in [2.45, 2.75) is 26.1 Å². The fraction of sp³-hybridized carbons (Fsp3) is 0.333. The van der Waals surface area contributed by atoms with Crippen LogP contribution in [0.15, 0.2) is 30.5 Å². The van der Waals surface area contributed by atoms with Crippen molar-refractivity contribution in [3.8, 4) is 5.69 Å². The Hall–Kier alpha value is -2.35. The van der Waals surface area contributed by atoms with Gasteiger partial charge in [0, 0.05) is 12.6 Å². The van der Waals surface area contributed by atoms with Crippen LogP contribution in [0.25, 0.3) is 5.69 Å². The molecule has 0 saturated carbocycles. The largest absolute Gasteiger partial charge is 0.434 e. The van der Waals surface area contributed by atoms with E-state index in [4.69, 9.17) is 5.73 Å². The van der Waals surface area contributed by atoms with Crippen LogP contribution in [0, 0.1) is 6.92 Å². The Morgan fingerprint density at radius 2 is 2.04 bits per heavy atom. The van der Waals surface area contributed by atoms with Crippen LogP contribution in [0.4, 0.5) is 13.2 Å². The molecular weight excluding hydrogens is 309 g/mol. The van der Waals surface area contributed by atoms with Crippen molar-refractivity contribution in [2.75, 3.05) is 6.54 Å². The third kappa shape index (κ3) is 3.53. The Labute approximate surface area is 131 Å². The van der Waals surface area contributed by atoms with E-state index >= 15 is 0 Å². The zero-order valence-corrected chi connectivity index (χ0v) is 12.7. The first-order valence-electron chi connectivity index (χ1n) is 6.98. The Balaban J connectivity index is 2.55. The Bertz CT molecular complexity index is 709. The van der Waals surface area contributed by atoms with Gasteiger partial charge in [0.2, 0.25) is 0 Å². The van der Waals surface area contributed by atoms with Crippen LogP contribution in [-0.4, -0.2) is 28.3 Å². The number of aryl methyl sites for hydroxylation is 1. The van der Waals surface area contributed by atoms with E-state index in [0.29, 0.717) is 5.56 Å². The van der Waals surface area contributed by atoms with Gasteiger partial charge in [-0.1, -0.05) is 18.2 Å². The third-order valence-electron chi connectivity index (χ3n) is 3.36. The molecule has 8 heteroatoms. The Morgan fingerprint density at radius 1 is 1.39 bits per heavy atom. The van der Waals surface area contributed by atoms with Gasteiger partial charge in [0.05, 0.1) is 17.4 Å². The quantitative estimate of drug-likeness (QED) is 0.905. The minimum absolute atomic E-state index is 0.124. The lowest BCUT2D eigenvalue weighted by molar-refractivity contribution is -0.143. The zero-order valence-electron chi connectivity index (χ0n) is 12.7. The monoisotopic (exact) mass is 326 g/mol. The summed E-state index contributed by atoms with van der Waals surface area (Å²) in [5.41, 5.74) is 4.63. The van der Waals surface area contributed by atoms with E-state index in [2.05, 4.69) is 10.4 Å². The van der Waals surface area contributed by atoms with E-state index in [1.54, 1.807) is 32.0 Å². The van der Waals surface area contributed by atoms with E-state index in [1.165, 1.54) is 6.07 Å². The molecule has 23 heavy (non-hydrogen) atoms. The molecule has 0 spiro atoms. The first-order valence-corrected chi connectivity index (χ1v) is 6.98. The van der Waals surface area contributed by atoms with Crippen molar-refractivity contribution in [1.29, 1.82) is 0 Å². The summed E-state index contributed by atoms with van der Waals surface area (Å²) in [5, 5.41) is 6.19. The molecule has 0 aliphatic heterocycles. The second-order valence-electron chi connectivity index (χ2n) is 5.21. The first kappa shape index (κ1) is 17.0. The molecule has 0 radical (unpaired) electrons. The number of nitrogens with zero attached hydrogens (tertiary/aromatic N) is 2. The summed E-state index contributed by atoms with van der Waals surface area (Å²) in [4.78, 5) is 12.1. The van der Waals surface area contributed by atoms with Crippen molar-refractivity contribution in [2.24, 2.45) is 5.73 Å². The number of alkyl halides is 3. The molecule has 0 bridgehead atoms. The van der Waals surface area contributed by atoms with Gasteiger partial charge >= 0.3 is 6.18 Å². The number of rotatable bonds is 4. The lowest BCUT2D eigenvalue weighted by Gasteiger charge is -2.15. The number of hydrogen-bond donors (Lipinski definition) is 2. The van der Waals surface area contributed by atoms with E-state index in [-0.39, 0.29) is 12.2 Å². The van der Waals surface area contributed by atoms with Gasteiger partial charge in [0.1, 0.15) is 0 Å². The topological polar surface area (TPSA) is 72.9 Å². The summed E-state index contributed by atoms with van der Waals surface area (Å²) in [5.74, 6) is -0.852. The normalized spacial score (nSPS) is 13.0. The molecule has 0 saturated heterocycles. The van der Waals surface area contributed by atoms with Gasteiger partial charge < -0.3 is 11.1 Å². The number of amides is 1. The second-order valence-corrected chi connectivity index (χ2v) is 5.21. The summed E-state index contributed by atoms with van der Waals surface area (Å²) in [7, 11) is 0. The van der Waals surface area contributed by atoms with Gasteiger partial charge in [0.25, 0.3) is 5.91 Å². The summed E-state index contributed by atoms with van der Waals surface area (Å²) < 4.78 is 41.2. The molecule has 0 fully saturated rings. The summed E-state index contributed by atoms with van der Waals surface area (Å²) in [6.07, 6.45) is -3.80. The van der Waals surface area contributed by atoms with Gasteiger partial charge in [-0.2, -0.15) is 18.3 Å². The molecule has 1 aromatic carbocycles. The van der Waals surface area contributed by atoms with E-state index in [1.807, 2.05) is 0 Å². The SMILES string of the molecule is Cc1ccccc1-n1ncc(C(=O)N[C@@H](C)CN)c1C(F)(F)F. The van der Waals surface area contributed by atoms with Gasteiger partial charge in [-0.3, -0.25) is 4.79 Å². The van der Waals surface area contributed by atoms with E-state index in [9.17, 15) is 18.0 Å². The van der Waals surface area contributed by atoms with Crippen molar-refractivity contribution in [3.05, 3.63) is 47.3 Å². The molecule has 2 rings (SSSR count). The molecule has 2 aromatic rings. The lowest BCUT2D eigenvalue weighted by atomic mass is 10.1. The average molecular weight is 326 g/mol. The van der Waals surface area contributed by atoms with Gasteiger partial charge in [-0.15, -0.1) is 0 Å². The number of para-hydroxylation sites is 1. The molecule has 124 valence electrons. The lowest BCUT2D eigenvalue weighted by Crippen LogP contribution is -2.38. The molecule has 5 nitrogen and oxygen atoms in total. The molecule has 3 N–H and O–H groups in total. The maximum absolute atomic E-state index is 13.5. The molecule has 1 heterocycles. The number of aromatic nitrogens is 2. The zero-order chi connectivity index (χ0) is 17.2. The van der Waals surface area contributed by atoms with Crippen molar-refractivity contribution < 1.29 is 18.0 Å². The number of nitrogens with two attached hydrogens (primary N) is 1. The summed E-state index contributed by atoms with van der Waals surface area (Å²) >= 11 is 0. The molecule has 1 aromatic heterocycles. The van der Waals surface area contributed by atoms with E-state index < -0.39 is 29.4 Å². The fourth-order valence-corrected chi connectivity index (χ4v) is 2.13. The Morgan fingerprint density at radius 3 is 2.61 bits per heavy atom. The number of benzene rings is 1. The average Bonchev–Trinajstić information content (AvgIpc) is 2.92. The maximum Gasteiger partial charge on any atom is 0.434 e. The molecule has 1 atom stereocenters. The standard InChI is InChI=1S/C15H17F3N4O/c1-9-5-3-4-6-12(9)22-13(15(16,17)18)11(8-20-22)14(23)21-10(2)7-19/h3-6,8,10H,7,19H2,1-2H3,(H,21,23)/t10-/m0/s1. The highest BCUT2D eigenvalue weighted by molar-refractivity contribution is 5.95. The number of hydrogen-bond acceptors (Lipinski definition) is 3. The second kappa shape index (κ2) is 6.41. The van der Waals surface area contributed by atoms with Crippen molar-refractivity contribution in [1.82, 2.24) is 15.1 Å². The summed E-state index contributed by atoms with van der Waals surface area (Å²) in [6.45, 7) is 3.41. The van der Waals surface area contributed by atoms with Gasteiger partial charge in [-0.05, 0) is 25.5 Å². The number of halogens is 3. The fourth-order valence-electron chi connectivity index (χ4n) is 2.13. The highest BCUT2D eigenvalue weighted by atomic mass is 19.4. The molecular formula is C15H17F3N4O. The minimum Gasteiger partial charge on any atom is -0.348 e. The number of nitrogens with one attached hydrogen (secondary N) is 1. The predicted molar refractivity (Wildman–Crippen MR) is 79.3 cm³/mol. The molecule has 0 unspecified atom stereocenters.